The first-order chi connectivity index (χ1) is 7.19. The van der Waals surface area contributed by atoms with Crippen molar-refractivity contribution in [2.45, 2.75) is 26.8 Å². The van der Waals surface area contributed by atoms with Gasteiger partial charge in [-0.2, -0.15) is 9.64 Å². The van der Waals surface area contributed by atoms with Gasteiger partial charge in [0.05, 0.1) is 12.3 Å². The highest BCUT2D eigenvalue weighted by Crippen LogP contribution is 2.23. The van der Waals surface area contributed by atoms with Gasteiger partial charge in [0.25, 0.3) is 0 Å². The fraction of sp³-hybridized carbons (Fsp3) is 0.600. The zero-order valence-corrected chi connectivity index (χ0v) is 10.0. The number of aryl methyl sites for hydroxylation is 1. The summed E-state index contributed by atoms with van der Waals surface area (Å²) in [7, 11) is 0. The summed E-state index contributed by atoms with van der Waals surface area (Å²) in [6, 6.07) is 2.34. The Labute approximate surface area is 94.0 Å². The minimum Gasteiger partial charge on any atom is -0.380 e. The SMILES string of the molecule is CCOCC(C)Nc1snc(C)c1C#N. The van der Waals surface area contributed by atoms with Gasteiger partial charge in [-0.15, -0.1) is 0 Å². The van der Waals surface area contributed by atoms with Gasteiger partial charge in [-0.3, -0.25) is 0 Å². The topological polar surface area (TPSA) is 57.9 Å². The molecule has 0 spiro atoms. The molecule has 1 rings (SSSR count). The third-order valence-corrected chi connectivity index (χ3v) is 2.79. The Kier molecular flexibility index (Phi) is 4.53. The average Bonchev–Trinajstić information content (AvgIpc) is 2.56. The minimum absolute atomic E-state index is 0.192. The fourth-order valence-corrected chi connectivity index (χ4v) is 2.02. The largest absolute Gasteiger partial charge is 0.380 e. The van der Waals surface area contributed by atoms with E-state index in [9.17, 15) is 0 Å². The highest BCUT2D eigenvalue weighted by Gasteiger charge is 2.11. The highest BCUT2D eigenvalue weighted by atomic mass is 32.1. The highest BCUT2D eigenvalue weighted by molar-refractivity contribution is 7.10. The Morgan fingerprint density at radius 1 is 1.67 bits per heavy atom. The lowest BCUT2D eigenvalue weighted by Gasteiger charge is -2.13. The van der Waals surface area contributed by atoms with Crippen molar-refractivity contribution in [3.63, 3.8) is 0 Å². The van der Waals surface area contributed by atoms with Crippen molar-refractivity contribution in [1.82, 2.24) is 4.37 Å². The second-order valence-corrected chi connectivity index (χ2v) is 4.06. The molecule has 1 aromatic heterocycles. The molecule has 0 bridgehead atoms. The van der Waals surface area contributed by atoms with Crippen LogP contribution >= 0.6 is 11.5 Å². The van der Waals surface area contributed by atoms with Gasteiger partial charge in [0.1, 0.15) is 16.6 Å². The molecule has 0 aliphatic rings. The molecule has 1 N–H and O–H groups in total. The maximum atomic E-state index is 8.92. The van der Waals surface area contributed by atoms with Crippen molar-refractivity contribution in [3.8, 4) is 6.07 Å². The third-order valence-electron chi connectivity index (χ3n) is 1.92. The fourth-order valence-electron chi connectivity index (χ4n) is 1.16. The van der Waals surface area contributed by atoms with Crippen molar-refractivity contribution in [2.75, 3.05) is 18.5 Å². The Hall–Kier alpha value is -1.12. The van der Waals surface area contributed by atoms with Crippen LogP contribution in [0.3, 0.4) is 0 Å². The third kappa shape index (κ3) is 3.18. The average molecular weight is 225 g/mol. The summed E-state index contributed by atoms with van der Waals surface area (Å²) < 4.78 is 9.42. The van der Waals surface area contributed by atoms with Crippen LogP contribution in [0.15, 0.2) is 0 Å². The lowest BCUT2D eigenvalue weighted by atomic mass is 10.2. The van der Waals surface area contributed by atoms with Crippen LogP contribution in [0.4, 0.5) is 5.00 Å². The number of nitrogens with one attached hydrogen (secondary N) is 1. The summed E-state index contributed by atoms with van der Waals surface area (Å²) in [5, 5.41) is 13.0. The Bertz CT molecular complexity index is 356. The Balaban J connectivity index is 2.61. The number of anilines is 1. The van der Waals surface area contributed by atoms with Gasteiger partial charge in [-0.25, -0.2) is 0 Å². The molecular formula is C10H15N3OS. The van der Waals surface area contributed by atoms with Crippen LogP contribution in [0.1, 0.15) is 25.1 Å². The van der Waals surface area contributed by atoms with E-state index >= 15 is 0 Å². The van der Waals surface area contributed by atoms with E-state index in [4.69, 9.17) is 10.00 Å². The quantitative estimate of drug-likeness (QED) is 0.834. The summed E-state index contributed by atoms with van der Waals surface area (Å²) in [6.07, 6.45) is 0. The van der Waals surface area contributed by atoms with Crippen molar-refractivity contribution in [2.24, 2.45) is 0 Å². The second kappa shape index (κ2) is 5.69. The number of rotatable bonds is 5. The molecule has 1 unspecified atom stereocenters. The first-order valence-corrected chi connectivity index (χ1v) is 5.67. The molecule has 4 nitrogen and oxygen atoms in total. The van der Waals surface area contributed by atoms with Crippen LogP contribution in [-0.4, -0.2) is 23.6 Å². The molecule has 82 valence electrons. The summed E-state index contributed by atoms with van der Waals surface area (Å²) >= 11 is 1.32. The number of nitriles is 1. The van der Waals surface area contributed by atoms with Gasteiger partial charge in [0, 0.05) is 12.6 Å². The van der Waals surface area contributed by atoms with Gasteiger partial charge < -0.3 is 10.1 Å². The predicted molar refractivity (Wildman–Crippen MR) is 61.1 cm³/mol. The van der Waals surface area contributed by atoms with E-state index in [1.165, 1.54) is 11.5 Å². The van der Waals surface area contributed by atoms with Gasteiger partial charge >= 0.3 is 0 Å². The number of hydrogen-bond acceptors (Lipinski definition) is 5. The first-order valence-electron chi connectivity index (χ1n) is 4.89. The molecular weight excluding hydrogens is 210 g/mol. The van der Waals surface area contributed by atoms with Gasteiger partial charge in [0.2, 0.25) is 0 Å². The smallest absolute Gasteiger partial charge is 0.128 e. The first kappa shape index (κ1) is 12.0. The molecule has 0 fully saturated rings. The molecule has 0 saturated heterocycles. The summed E-state index contributed by atoms with van der Waals surface area (Å²) in [4.78, 5) is 0. The zero-order chi connectivity index (χ0) is 11.3. The van der Waals surface area contributed by atoms with E-state index in [0.29, 0.717) is 18.8 Å². The number of nitrogens with zero attached hydrogens (tertiary/aromatic N) is 2. The van der Waals surface area contributed by atoms with Crippen LogP contribution in [0.25, 0.3) is 0 Å². The van der Waals surface area contributed by atoms with Crippen molar-refractivity contribution < 1.29 is 4.74 Å². The number of aromatic nitrogens is 1. The van der Waals surface area contributed by atoms with Crippen LogP contribution in [0, 0.1) is 18.3 Å². The van der Waals surface area contributed by atoms with Gasteiger partial charge in [-0.05, 0) is 32.3 Å². The zero-order valence-electron chi connectivity index (χ0n) is 9.20. The molecule has 15 heavy (non-hydrogen) atoms. The van der Waals surface area contributed by atoms with Crippen molar-refractivity contribution >= 4 is 16.5 Å². The van der Waals surface area contributed by atoms with E-state index < -0.39 is 0 Å². The van der Waals surface area contributed by atoms with Gasteiger partial charge in [-0.1, -0.05) is 0 Å². The minimum atomic E-state index is 0.192. The normalized spacial score (nSPS) is 12.1. The summed E-state index contributed by atoms with van der Waals surface area (Å²) in [6.45, 7) is 7.17. The van der Waals surface area contributed by atoms with Crippen LogP contribution < -0.4 is 5.32 Å². The second-order valence-electron chi connectivity index (χ2n) is 3.29. The van der Waals surface area contributed by atoms with E-state index in [1.807, 2.05) is 20.8 Å². The Morgan fingerprint density at radius 2 is 2.40 bits per heavy atom. The van der Waals surface area contributed by atoms with E-state index in [-0.39, 0.29) is 6.04 Å². The number of ether oxygens (including phenoxy) is 1. The Morgan fingerprint density at radius 3 is 3.00 bits per heavy atom. The van der Waals surface area contributed by atoms with E-state index in [2.05, 4.69) is 15.8 Å². The molecule has 1 atom stereocenters. The van der Waals surface area contributed by atoms with Crippen LogP contribution in [0.2, 0.25) is 0 Å². The van der Waals surface area contributed by atoms with Gasteiger partial charge in [0.15, 0.2) is 0 Å². The lowest BCUT2D eigenvalue weighted by molar-refractivity contribution is 0.141. The van der Waals surface area contributed by atoms with E-state index in [1.54, 1.807) is 0 Å². The predicted octanol–water partition coefficient (Wildman–Crippen LogP) is 2.16. The van der Waals surface area contributed by atoms with Crippen molar-refractivity contribution in [3.05, 3.63) is 11.3 Å². The molecule has 0 aliphatic carbocycles. The molecule has 0 saturated carbocycles. The summed E-state index contributed by atoms with van der Waals surface area (Å²) in [5.41, 5.74) is 1.43. The van der Waals surface area contributed by atoms with Crippen LogP contribution in [0.5, 0.6) is 0 Å². The standard InChI is InChI=1S/C10H15N3OS/c1-4-14-6-7(2)12-10-9(5-11)8(3)13-15-10/h7,12H,4,6H2,1-3H3. The molecule has 0 aromatic carbocycles. The molecule has 5 heteroatoms. The molecule has 0 radical (unpaired) electrons. The lowest BCUT2D eigenvalue weighted by Crippen LogP contribution is -2.21. The molecule has 0 aliphatic heterocycles. The molecule has 0 amide bonds. The van der Waals surface area contributed by atoms with E-state index in [0.717, 1.165) is 10.7 Å². The van der Waals surface area contributed by atoms with Crippen LogP contribution in [-0.2, 0) is 4.74 Å². The monoisotopic (exact) mass is 225 g/mol. The maximum Gasteiger partial charge on any atom is 0.128 e. The number of hydrogen-bond donors (Lipinski definition) is 1. The maximum absolute atomic E-state index is 8.92. The molecule has 1 heterocycles. The molecule has 1 aromatic rings. The van der Waals surface area contributed by atoms with Crippen molar-refractivity contribution in [1.29, 1.82) is 5.26 Å². The summed E-state index contributed by atoms with van der Waals surface area (Å²) in [5.74, 6) is 0.